The molecule has 2 heterocycles. The number of amides is 1. The van der Waals surface area contributed by atoms with Crippen LogP contribution in [-0.4, -0.2) is 178 Å². The van der Waals surface area contributed by atoms with E-state index in [1.807, 2.05) is 0 Å². The summed E-state index contributed by atoms with van der Waals surface area (Å²) in [6.45, 7) is 4.37. The topological polar surface area (TPSA) is 347 Å². The van der Waals surface area contributed by atoms with Crippen LogP contribution in [0.5, 0.6) is 0 Å². The lowest BCUT2D eigenvalue weighted by Gasteiger charge is -2.39. The second kappa shape index (κ2) is 54.6. The van der Waals surface area contributed by atoms with E-state index in [-0.39, 0.29) is 75.1 Å². The molecule has 23 nitrogen and oxygen atoms in total. The number of esters is 6. The maximum Gasteiger partial charge on any atom is 0.306 e. The van der Waals surface area contributed by atoms with Crippen molar-refractivity contribution in [3.05, 3.63) is 24.3 Å². The molecule has 2 saturated heterocycles. The zero-order valence-electron chi connectivity index (χ0n) is 55.7. The number of rotatable bonds is 57. The number of carbonyl (C=O) groups is 7. The molecular weight excluding hydrogens is 1190 g/mol. The summed E-state index contributed by atoms with van der Waals surface area (Å²) in [6, 6.07) is 0. The Hall–Kier alpha value is -4.59. The Balaban J connectivity index is 1.40. The van der Waals surface area contributed by atoms with Gasteiger partial charge in [0, 0.05) is 51.4 Å². The van der Waals surface area contributed by atoms with Gasteiger partial charge in [-0.05, 0) is 89.9 Å². The van der Waals surface area contributed by atoms with Gasteiger partial charge < -0.3 is 79.0 Å². The SMILES string of the molecule is CCCCCC[C@H](C/C=C\CCCCCCCC(=O)OCCCCCCCCCCOC(=O)CCCCCCC/C=C\C[C@@H](CCCCCC)OC(=O)CCCC(=O)OCC1O[C@@H](NC=O)C(O)C(O)[C@H]1O)OC(=O)CCCC(=O)OCC1O[C@@H](O)C(O)C(O)[C@H]1O. The van der Waals surface area contributed by atoms with Crippen LogP contribution in [0.25, 0.3) is 0 Å². The molecule has 1 amide bonds. The molecule has 2 aliphatic heterocycles. The van der Waals surface area contributed by atoms with Crippen LogP contribution in [0.3, 0.4) is 0 Å². The molecule has 0 bridgehead atoms. The monoisotopic (exact) mass is 1310 g/mol. The third-order valence-electron chi connectivity index (χ3n) is 16.5. The van der Waals surface area contributed by atoms with Gasteiger partial charge >= 0.3 is 35.8 Å². The van der Waals surface area contributed by atoms with Crippen LogP contribution >= 0.6 is 0 Å². The maximum absolute atomic E-state index is 12.7. The van der Waals surface area contributed by atoms with Crippen LogP contribution < -0.4 is 5.32 Å². The lowest BCUT2D eigenvalue weighted by Crippen LogP contribution is -2.62. The first kappa shape index (κ1) is 83.5. The van der Waals surface area contributed by atoms with Crippen LogP contribution in [-0.2, 0) is 71.5 Å². The fourth-order valence-electron chi connectivity index (χ4n) is 10.8. The van der Waals surface area contributed by atoms with Gasteiger partial charge in [-0.1, -0.05) is 154 Å². The third-order valence-corrected chi connectivity index (χ3v) is 16.5. The number of carbonyl (C=O) groups excluding carboxylic acids is 7. The van der Waals surface area contributed by atoms with Crippen molar-refractivity contribution < 1.29 is 107 Å². The predicted octanol–water partition coefficient (Wildman–Crippen LogP) is 9.09. The molecule has 532 valence electrons. The van der Waals surface area contributed by atoms with E-state index in [0.717, 1.165) is 193 Å². The first-order chi connectivity index (χ1) is 44.5. The molecule has 2 rings (SSSR count). The molecule has 12 atom stereocenters. The summed E-state index contributed by atoms with van der Waals surface area (Å²) in [5.74, 6) is -2.31. The number of allylic oxidation sites excluding steroid dienone is 2. The predicted molar refractivity (Wildman–Crippen MR) is 343 cm³/mol. The molecular formula is C69H119NO22. The highest BCUT2D eigenvalue weighted by Gasteiger charge is 2.45. The summed E-state index contributed by atoms with van der Waals surface area (Å²) < 4.78 is 43.1. The number of aliphatic hydroxyl groups is 7. The first-order valence-corrected chi connectivity index (χ1v) is 35.1. The van der Waals surface area contributed by atoms with E-state index in [4.69, 9.17) is 37.9 Å². The minimum atomic E-state index is -1.72. The zero-order chi connectivity index (χ0) is 67.4. The van der Waals surface area contributed by atoms with E-state index < -0.39 is 92.5 Å². The summed E-state index contributed by atoms with van der Waals surface area (Å²) >= 11 is 0. The summed E-state index contributed by atoms with van der Waals surface area (Å²) in [7, 11) is 0. The smallest absolute Gasteiger partial charge is 0.306 e. The molecule has 0 aliphatic carbocycles. The average Bonchev–Trinajstić information content (AvgIpc) is 0.967. The minimum absolute atomic E-state index is 0.0304. The van der Waals surface area contributed by atoms with Crippen LogP contribution in [0.1, 0.15) is 271 Å². The van der Waals surface area contributed by atoms with E-state index in [2.05, 4.69) is 43.5 Å². The first-order valence-electron chi connectivity index (χ1n) is 35.1. The lowest BCUT2D eigenvalue weighted by molar-refractivity contribution is -0.287. The third kappa shape index (κ3) is 41.3. The normalized spacial score (nSPS) is 22.2. The molecule has 0 saturated carbocycles. The highest BCUT2D eigenvalue weighted by Crippen LogP contribution is 2.23. The molecule has 92 heavy (non-hydrogen) atoms. The van der Waals surface area contributed by atoms with Crippen molar-refractivity contribution in [3.63, 3.8) is 0 Å². The molecule has 0 aromatic rings. The van der Waals surface area contributed by atoms with Gasteiger partial charge in [0.2, 0.25) is 6.41 Å². The Kier molecular flexibility index (Phi) is 49.6. The van der Waals surface area contributed by atoms with E-state index in [1.165, 1.54) is 0 Å². The summed E-state index contributed by atoms with van der Waals surface area (Å²) in [6.07, 6.45) is 25.6. The van der Waals surface area contributed by atoms with Crippen LogP contribution in [0.2, 0.25) is 0 Å². The van der Waals surface area contributed by atoms with Crippen molar-refractivity contribution in [2.75, 3.05) is 26.4 Å². The van der Waals surface area contributed by atoms with Gasteiger partial charge in [0.25, 0.3) is 0 Å². The Morgan fingerprint density at radius 3 is 1.17 bits per heavy atom. The summed E-state index contributed by atoms with van der Waals surface area (Å²) in [5.41, 5.74) is 0. The van der Waals surface area contributed by atoms with Gasteiger partial charge in [-0.25, -0.2) is 0 Å². The maximum atomic E-state index is 12.7. The van der Waals surface area contributed by atoms with Gasteiger partial charge in [-0.15, -0.1) is 0 Å². The molecule has 0 aromatic carbocycles. The van der Waals surface area contributed by atoms with Crippen molar-refractivity contribution in [1.82, 2.24) is 5.32 Å². The van der Waals surface area contributed by atoms with E-state index in [0.29, 0.717) is 38.9 Å². The van der Waals surface area contributed by atoms with Gasteiger partial charge in [-0.3, -0.25) is 33.6 Å². The van der Waals surface area contributed by atoms with E-state index in [1.54, 1.807) is 0 Å². The minimum Gasteiger partial charge on any atom is -0.466 e. The Bertz CT molecular complexity index is 2010. The van der Waals surface area contributed by atoms with Crippen molar-refractivity contribution in [2.45, 2.75) is 344 Å². The molecule has 6 unspecified atom stereocenters. The van der Waals surface area contributed by atoms with Gasteiger partial charge in [0.15, 0.2) is 12.5 Å². The van der Waals surface area contributed by atoms with Crippen molar-refractivity contribution >= 4 is 42.2 Å². The number of unbranched alkanes of at least 4 members (excludes halogenated alkanes) is 23. The Morgan fingerprint density at radius 1 is 0.380 bits per heavy atom. The summed E-state index contributed by atoms with van der Waals surface area (Å²) in [5, 5.41) is 71.5. The van der Waals surface area contributed by atoms with Crippen molar-refractivity contribution in [2.24, 2.45) is 0 Å². The highest BCUT2D eigenvalue weighted by molar-refractivity contribution is 5.73. The second-order valence-corrected chi connectivity index (χ2v) is 24.7. The molecule has 2 aliphatic rings. The Labute approximate surface area is 547 Å². The quantitative estimate of drug-likeness (QED) is 0.00924. The van der Waals surface area contributed by atoms with Gasteiger partial charge in [0.05, 0.1) is 13.2 Å². The fraction of sp³-hybridized carbons (Fsp3) is 0.841. The van der Waals surface area contributed by atoms with E-state index >= 15 is 0 Å². The van der Waals surface area contributed by atoms with Gasteiger partial charge in [-0.2, -0.15) is 0 Å². The fourth-order valence-corrected chi connectivity index (χ4v) is 10.8. The number of aliphatic hydroxyl groups excluding tert-OH is 7. The molecule has 0 aromatic heterocycles. The molecule has 0 spiro atoms. The molecule has 2 fully saturated rings. The second-order valence-electron chi connectivity index (χ2n) is 24.7. The molecule has 0 radical (unpaired) electrons. The van der Waals surface area contributed by atoms with Gasteiger partial charge in [0.1, 0.15) is 74.3 Å². The Morgan fingerprint density at radius 2 is 0.739 bits per heavy atom. The highest BCUT2D eigenvalue weighted by atomic mass is 16.7. The number of nitrogens with one attached hydrogen (secondary N) is 1. The summed E-state index contributed by atoms with van der Waals surface area (Å²) in [4.78, 5) is 85.3. The standard InChI is InChI=1S/C69H119NO22/c1-3-5-7-27-37-52(89-60(76)45-35-43-58(74)87-49-54-62(78)64(80)66(82)68(91-54)70-51-71)39-29-21-15-9-11-17-23-31-41-56(72)85-47-33-25-19-13-14-20-26-34-48-86-57(73)42-32-24-18-12-10-16-22-30-40-53(38-28-8-6-4-2)90-61(77)46-36-44-59(75)88-50-55-63(79)65(81)67(83)69(84)92-55/h21-22,29-30,51-55,62-69,78-84H,3-20,23-28,31-50H2,1-2H3,(H,70,71)/b29-21-,30-22-/t52-,53-,54?,55?,62+,63+,64?,65?,66?,67?,68-,69-/m1/s1. The van der Waals surface area contributed by atoms with Crippen molar-refractivity contribution in [1.29, 1.82) is 0 Å². The largest absolute Gasteiger partial charge is 0.466 e. The van der Waals surface area contributed by atoms with Crippen LogP contribution in [0.15, 0.2) is 24.3 Å². The zero-order valence-corrected chi connectivity index (χ0v) is 55.7. The van der Waals surface area contributed by atoms with Crippen molar-refractivity contribution in [3.8, 4) is 0 Å². The van der Waals surface area contributed by atoms with Crippen LogP contribution in [0.4, 0.5) is 0 Å². The molecule has 23 heteroatoms. The lowest BCUT2D eigenvalue weighted by atomic mass is 9.98. The average molecular weight is 1310 g/mol. The number of ether oxygens (including phenoxy) is 8. The van der Waals surface area contributed by atoms with E-state index in [9.17, 15) is 69.3 Å². The number of hydrogen-bond donors (Lipinski definition) is 8. The number of hydrogen-bond acceptors (Lipinski definition) is 22. The molecule has 8 N–H and O–H groups in total. The van der Waals surface area contributed by atoms with Crippen LogP contribution in [0, 0.1) is 0 Å².